The summed E-state index contributed by atoms with van der Waals surface area (Å²) in [6, 6.07) is 2.91. The monoisotopic (exact) mass is 286 g/mol. The van der Waals surface area contributed by atoms with Gasteiger partial charge >= 0.3 is 0 Å². The molecule has 1 N–H and O–H groups in total. The summed E-state index contributed by atoms with van der Waals surface area (Å²) < 4.78 is 32.8. The zero-order valence-electron chi connectivity index (χ0n) is 12.7. The molecule has 114 valence electrons. The second-order valence-corrected chi connectivity index (χ2v) is 5.43. The van der Waals surface area contributed by atoms with Crippen molar-refractivity contribution in [2.24, 2.45) is 0 Å². The topological polar surface area (TPSA) is 24.5 Å². The van der Waals surface area contributed by atoms with Gasteiger partial charge in [-0.05, 0) is 38.2 Å². The molecular weight excluding hydrogens is 262 g/mol. The Hall–Kier alpha value is -1.20. The molecule has 0 aliphatic heterocycles. The summed E-state index contributed by atoms with van der Waals surface area (Å²) in [4.78, 5) is 2.00. The fraction of sp³-hybridized carbons (Fsp3) is 0.600. The van der Waals surface area contributed by atoms with E-state index in [9.17, 15) is 8.78 Å². The lowest BCUT2D eigenvalue weighted by molar-refractivity contribution is 0.259. The maximum Gasteiger partial charge on any atom is 0.190 e. The highest BCUT2D eigenvalue weighted by Gasteiger charge is 2.12. The molecule has 0 heterocycles. The van der Waals surface area contributed by atoms with Crippen molar-refractivity contribution in [1.82, 2.24) is 10.2 Å². The van der Waals surface area contributed by atoms with Gasteiger partial charge in [0.25, 0.3) is 0 Å². The second-order valence-electron chi connectivity index (χ2n) is 5.43. The van der Waals surface area contributed by atoms with Crippen LogP contribution in [0.1, 0.15) is 25.8 Å². The molecule has 0 saturated heterocycles. The molecule has 5 heteroatoms. The van der Waals surface area contributed by atoms with Crippen molar-refractivity contribution in [1.29, 1.82) is 0 Å². The molecule has 0 unspecified atom stereocenters. The first-order chi connectivity index (χ1) is 9.40. The smallest absolute Gasteiger partial charge is 0.190 e. The molecule has 1 aromatic carbocycles. The molecule has 1 aromatic rings. The fourth-order valence-electron chi connectivity index (χ4n) is 1.73. The van der Waals surface area contributed by atoms with Gasteiger partial charge in [0.15, 0.2) is 17.4 Å². The SMILES string of the molecule is CC(C)NCc1cc(F)c(OCCCN(C)C)c(F)c1. The highest BCUT2D eigenvalue weighted by molar-refractivity contribution is 5.31. The van der Waals surface area contributed by atoms with Crippen molar-refractivity contribution in [2.75, 3.05) is 27.2 Å². The van der Waals surface area contributed by atoms with Crippen LogP contribution in [0.15, 0.2) is 12.1 Å². The van der Waals surface area contributed by atoms with Gasteiger partial charge in [0.1, 0.15) is 0 Å². The molecule has 0 atom stereocenters. The minimum absolute atomic E-state index is 0.267. The molecule has 0 fully saturated rings. The van der Waals surface area contributed by atoms with Crippen LogP contribution in [0.25, 0.3) is 0 Å². The van der Waals surface area contributed by atoms with Gasteiger partial charge in [-0.3, -0.25) is 0 Å². The predicted molar refractivity (Wildman–Crippen MR) is 77.0 cm³/mol. The molecule has 0 radical (unpaired) electrons. The van der Waals surface area contributed by atoms with E-state index in [0.29, 0.717) is 18.7 Å². The molecule has 0 spiro atoms. The average molecular weight is 286 g/mol. The van der Waals surface area contributed by atoms with E-state index in [1.807, 2.05) is 32.8 Å². The number of hydrogen-bond donors (Lipinski definition) is 1. The van der Waals surface area contributed by atoms with Gasteiger partial charge in [-0.15, -0.1) is 0 Å². The Morgan fingerprint density at radius 3 is 2.30 bits per heavy atom. The highest BCUT2D eigenvalue weighted by atomic mass is 19.1. The summed E-state index contributed by atoms with van der Waals surface area (Å²) in [6.45, 7) is 5.52. The van der Waals surface area contributed by atoms with E-state index in [2.05, 4.69) is 5.32 Å². The fourth-order valence-corrected chi connectivity index (χ4v) is 1.73. The van der Waals surface area contributed by atoms with Gasteiger partial charge in [-0.25, -0.2) is 8.78 Å². The van der Waals surface area contributed by atoms with Gasteiger partial charge in [0.05, 0.1) is 6.61 Å². The van der Waals surface area contributed by atoms with Crippen LogP contribution >= 0.6 is 0 Å². The largest absolute Gasteiger partial charge is 0.488 e. The molecule has 0 aliphatic rings. The summed E-state index contributed by atoms with van der Waals surface area (Å²) >= 11 is 0. The predicted octanol–water partition coefficient (Wildman–Crippen LogP) is 2.79. The van der Waals surface area contributed by atoms with E-state index in [0.717, 1.165) is 13.0 Å². The van der Waals surface area contributed by atoms with Crippen LogP contribution in [-0.2, 0) is 6.54 Å². The standard InChI is InChI=1S/C15H24F2N2O/c1-11(2)18-10-12-8-13(16)15(14(17)9-12)20-7-5-6-19(3)4/h8-9,11,18H,5-7,10H2,1-4H3. The van der Waals surface area contributed by atoms with Crippen LogP contribution in [0.4, 0.5) is 8.78 Å². The third kappa shape index (κ3) is 5.84. The van der Waals surface area contributed by atoms with Crippen LogP contribution in [0, 0.1) is 11.6 Å². The third-order valence-corrected chi connectivity index (χ3v) is 2.77. The molecular formula is C15H24F2N2O. The van der Waals surface area contributed by atoms with Crippen molar-refractivity contribution < 1.29 is 13.5 Å². The van der Waals surface area contributed by atoms with E-state index >= 15 is 0 Å². The zero-order chi connectivity index (χ0) is 15.1. The van der Waals surface area contributed by atoms with Gasteiger partial charge in [-0.2, -0.15) is 0 Å². The van der Waals surface area contributed by atoms with Crippen LogP contribution in [0.2, 0.25) is 0 Å². The van der Waals surface area contributed by atoms with Gasteiger partial charge in [-0.1, -0.05) is 13.8 Å². The molecule has 0 saturated carbocycles. The number of nitrogens with zero attached hydrogens (tertiary/aromatic N) is 1. The molecule has 0 aromatic heterocycles. The molecule has 0 aliphatic carbocycles. The summed E-state index contributed by atoms with van der Waals surface area (Å²) in [5.74, 6) is -1.57. The first kappa shape index (κ1) is 16.9. The summed E-state index contributed by atoms with van der Waals surface area (Å²) in [6.07, 6.45) is 0.725. The van der Waals surface area contributed by atoms with Crippen molar-refractivity contribution >= 4 is 0 Å². The van der Waals surface area contributed by atoms with Crippen LogP contribution in [0.5, 0.6) is 5.75 Å². The Morgan fingerprint density at radius 2 is 1.80 bits per heavy atom. The molecule has 0 amide bonds. The van der Waals surface area contributed by atoms with E-state index < -0.39 is 11.6 Å². The minimum Gasteiger partial charge on any atom is -0.488 e. The first-order valence-electron chi connectivity index (χ1n) is 6.89. The number of ether oxygens (including phenoxy) is 1. The third-order valence-electron chi connectivity index (χ3n) is 2.77. The summed E-state index contributed by atoms with van der Waals surface area (Å²) in [5, 5.41) is 3.12. The number of benzene rings is 1. The maximum atomic E-state index is 13.8. The summed E-state index contributed by atoms with van der Waals surface area (Å²) in [7, 11) is 3.88. The Balaban J connectivity index is 2.59. The molecule has 0 bridgehead atoms. The number of nitrogens with one attached hydrogen (secondary N) is 1. The normalized spacial score (nSPS) is 11.4. The maximum absolute atomic E-state index is 13.8. The van der Waals surface area contributed by atoms with Crippen molar-refractivity contribution in [2.45, 2.75) is 32.9 Å². The second kappa shape index (κ2) is 8.17. The van der Waals surface area contributed by atoms with Gasteiger partial charge in [0, 0.05) is 19.1 Å². The van der Waals surface area contributed by atoms with Gasteiger partial charge < -0.3 is 15.0 Å². The Labute approximate surface area is 119 Å². The number of rotatable bonds is 8. The van der Waals surface area contributed by atoms with Crippen LogP contribution in [0.3, 0.4) is 0 Å². The Kier molecular flexibility index (Phi) is 6.88. The lowest BCUT2D eigenvalue weighted by atomic mass is 10.2. The van der Waals surface area contributed by atoms with Crippen molar-refractivity contribution in [3.05, 3.63) is 29.3 Å². The van der Waals surface area contributed by atoms with Gasteiger partial charge in [0.2, 0.25) is 0 Å². The molecule has 3 nitrogen and oxygen atoms in total. The zero-order valence-corrected chi connectivity index (χ0v) is 12.7. The number of hydrogen-bond acceptors (Lipinski definition) is 3. The molecule has 20 heavy (non-hydrogen) atoms. The van der Waals surface area contributed by atoms with Crippen molar-refractivity contribution in [3.8, 4) is 5.75 Å². The van der Waals surface area contributed by atoms with Crippen LogP contribution in [-0.4, -0.2) is 38.2 Å². The summed E-state index contributed by atoms with van der Waals surface area (Å²) in [5.41, 5.74) is 0.578. The lowest BCUT2D eigenvalue weighted by Crippen LogP contribution is -2.22. The number of halogens is 2. The first-order valence-corrected chi connectivity index (χ1v) is 6.89. The van der Waals surface area contributed by atoms with Crippen molar-refractivity contribution in [3.63, 3.8) is 0 Å². The van der Waals surface area contributed by atoms with E-state index in [4.69, 9.17) is 4.74 Å². The van der Waals surface area contributed by atoms with Crippen LogP contribution < -0.4 is 10.1 Å². The lowest BCUT2D eigenvalue weighted by Gasteiger charge is -2.13. The highest BCUT2D eigenvalue weighted by Crippen LogP contribution is 2.23. The van der Waals surface area contributed by atoms with E-state index in [1.165, 1.54) is 12.1 Å². The quantitative estimate of drug-likeness (QED) is 0.744. The van der Waals surface area contributed by atoms with E-state index in [1.54, 1.807) is 0 Å². The minimum atomic E-state index is -0.643. The average Bonchev–Trinajstić information content (AvgIpc) is 2.34. The Bertz CT molecular complexity index is 399. The van der Waals surface area contributed by atoms with E-state index in [-0.39, 0.29) is 11.8 Å². The molecule has 1 rings (SSSR count). The Morgan fingerprint density at radius 1 is 1.20 bits per heavy atom.